The van der Waals surface area contributed by atoms with Gasteiger partial charge in [-0.25, -0.2) is 0 Å². The molecule has 2 aromatic heterocycles. The largest absolute Gasteiger partial charge is 0.416 e. The van der Waals surface area contributed by atoms with Crippen LogP contribution in [0.4, 0.5) is 26.3 Å². The molecule has 1 saturated heterocycles. The Hall–Kier alpha value is -4.39. The normalized spacial score (nSPS) is 16.8. The smallest absolute Gasteiger partial charge is 0.391 e. The number of nitrogens with zero attached hydrogens (tertiary/aromatic N) is 4. The Balaban J connectivity index is 1.39. The van der Waals surface area contributed by atoms with E-state index in [0.717, 1.165) is 22.0 Å². The summed E-state index contributed by atoms with van der Waals surface area (Å²) in [5.74, 6) is -0.892. The van der Waals surface area contributed by atoms with Crippen molar-refractivity contribution < 1.29 is 36.0 Å². The molecule has 1 unspecified atom stereocenters. The summed E-state index contributed by atoms with van der Waals surface area (Å²) in [6.45, 7) is 3.14. The third-order valence-corrected chi connectivity index (χ3v) is 7.42. The van der Waals surface area contributed by atoms with Crippen LogP contribution in [-0.2, 0) is 30.2 Å². The van der Waals surface area contributed by atoms with Crippen LogP contribution in [0.15, 0.2) is 78.3 Å². The van der Waals surface area contributed by atoms with E-state index in [1.807, 2.05) is 35.2 Å². The minimum atomic E-state index is -5.06. The minimum absolute atomic E-state index is 0.0244. The molecule has 0 saturated carbocycles. The molecule has 1 atom stereocenters. The Kier molecular flexibility index (Phi) is 8.95. The summed E-state index contributed by atoms with van der Waals surface area (Å²) in [7, 11) is 0. The number of hydrogen-bond donors (Lipinski definition) is 1. The molecule has 7 nitrogen and oxygen atoms in total. The molecule has 4 aromatic rings. The lowest BCUT2D eigenvalue weighted by atomic mass is 9.98. The highest BCUT2D eigenvalue weighted by Gasteiger charge is 2.39. The van der Waals surface area contributed by atoms with Crippen molar-refractivity contribution in [3.05, 3.63) is 101 Å². The Labute approximate surface area is 249 Å². The maximum Gasteiger partial charge on any atom is 0.416 e. The number of aromatic amines is 1. The van der Waals surface area contributed by atoms with E-state index in [0.29, 0.717) is 43.9 Å². The van der Waals surface area contributed by atoms with E-state index in [2.05, 4.69) is 15.1 Å². The molecule has 2 aromatic carbocycles. The average Bonchev–Trinajstić information content (AvgIpc) is 3.39. The zero-order valence-electron chi connectivity index (χ0n) is 23.6. The van der Waals surface area contributed by atoms with Crippen LogP contribution in [0.25, 0.3) is 10.9 Å². The van der Waals surface area contributed by atoms with E-state index >= 15 is 0 Å². The Morgan fingerprint density at radius 2 is 1.75 bits per heavy atom. The maximum absolute atomic E-state index is 13.7. The predicted octanol–water partition coefficient (Wildman–Crippen LogP) is 6.56. The van der Waals surface area contributed by atoms with Crippen LogP contribution in [0.2, 0.25) is 0 Å². The second-order valence-corrected chi connectivity index (χ2v) is 10.7. The molecular formula is C31H29F6N5O2. The van der Waals surface area contributed by atoms with E-state index in [4.69, 9.17) is 4.84 Å². The van der Waals surface area contributed by atoms with Gasteiger partial charge in [-0.05, 0) is 49.2 Å². The van der Waals surface area contributed by atoms with Gasteiger partial charge in [0.2, 0.25) is 0 Å². The average molecular weight is 618 g/mol. The number of rotatable bonds is 8. The number of hydrogen-bond acceptors (Lipinski definition) is 5. The molecule has 5 rings (SSSR count). The van der Waals surface area contributed by atoms with Gasteiger partial charge >= 0.3 is 12.4 Å². The zero-order chi connectivity index (χ0) is 31.5. The summed E-state index contributed by atoms with van der Waals surface area (Å²) in [5, 5.41) is 5.08. The van der Waals surface area contributed by atoms with E-state index < -0.39 is 41.0 Å². The van der Waals surface area contributed by atoms with E-state index in [1.165, 1.54) is 4.90 Å². The third kappa shape index (κ3) is 7.39. The molecule has 232 valence electrons. The summed E-state index contributed by atoms with van der Waals surface area (Å²) >= 11 is 0. The first-order valence-electron chi connectivity index (χ1n) is 13.8. The highest BCUT2D eigenvalue weighted by Crippen LogP contribution is 2.37. The topological polar surface area (TPSA) is 73.8 Å². The number of piperazine rings is 1. The summed E-state index contributed by atoms with van der Waals surface area (Å²) < 4.78 is 81.3. The van der Waals surface area contributed by atoms with Gasteiger partial charge in [0.15, 0.2) is 0 Å². The number of halogens is 6. The number of amides is 1. The van der Waals surface area contributed by atoms with E-state index in [9.17, 15) is 31.1 Å². The van der Waals surface area contributed by atoms with Gasteiger partial charge in [0, 0.05) is 72.8 Å². The van der Waals surface area contributed by atoms with Gasteiger partial charge < -0.3 is 14.7 Å². The van der Waals surface area contributed by atoms with Crippen molar-refractivity contribution in [2.75, 3.05) is 26.2 Å². The molecule has 0 radical (unpaired) electrons. The molecule has 44 heavy (non-hydrogen) atoms. The van der Waals surface area contributed by atoms with Gasteiger partial charge in [0.1, 0.15) is 6.61 Å². The fourth-order valence-corrected chi connectivity index (χ4v) is 5.36. The van der Waals surface area contributed by atoms with Crippen molar-refractivity contribution in [1.82, 2.24) is 19.8 Å². The first-order chi connectivity index (χ1) is 20.9. The second-order valence-electron chi connectivity index (χ2n) is 10.7. The van der Waals surface area contributed by atoms with Crippen LogP contribution in [0.5, 0.6) is 0 Å². The highest BCUT2D eigenvalue weighted by atomic mass is 19.4. The Morgan fingerprint density at radius 3 is 2.43 bits per heavy atom. The first-order valence-corrected chi connectivity index (χ1v) is 13.8. The number of H-pyrrole nitrogens is 1. The Morgan fingerprint density at radius 1 is 1.02 bits per heavy atom. The third-order valence-electron chi connectivity index (χ3n) is 7.42. The summed E-state index contributed by atoms with van der Waals surface area (Å²) in [6.07, 6.45) is -4.68. The van der Waals surface area contributed by atoms with Gasteiger partial charge in [-0.1, -0.05) is 29.4 Å². The van der Waals surface area contributed by atoms with Gasteiger partial charge in [0.25, 0.3) is 5.91 Å². The molecule has 0 aliphatic carbocycles. The molecule has 0 spiro atoms. The van der Waals surface area contributed by atoms with Crippen molar-refractivity contribution in [1.29, 1.82) is 0 Å². The van der Waals surface area contributed by atoms with Gasteiger partial charge in [0.05, 0.1) is 16.8 Å². The summed E-state index contributed by atoms with van der Waals surface area (Å²) in [4.78, 5) is 29.7. The minimum Gasteiger partial charge on any atom is -0.391 e. The quantitative estimate of drug-likeness (QED) is 0.138. The molecule has 1 amide bonds. The number of pyridine rings is 1. The molecular weight excluding hydrogens is 588 g/mol. The summed E-state index contributed by atoms with van der Waals surface area (Å²) in [5.41, 5.74) is -0.470. The van der Waals surface area contributed by atoms with Gasteiger partial charge in [-0.15, -0.1) is 0 Å². The van der Waals surface area contributed by atoms with E-state index in [1.54, 1.807) is 31.6 Å². The number of carbonyl (C=O) groups is 1. The van der Waals surface area contributed by atoms with Crippen molar-refractivity contribution in [3.63, 3.8) is 0 Å². The number of fused-ring (bicyclic) bond motifs is 1. The lowest BCUT2D eigenvalue weighted by molar-refractivity contribution is -0.143. The Bertz CT molecular complexity index is 1600. The fourth-order valence-electron chi connectivity index (χ4n) is 5.36. The highest BCUT2D eigenvalue weighted by molar-refractivity contribution is 5.95. The van der Waals surface area contributed by atoms with Crippen LogP contribution >= 0.6 is 0 Å². The number of para-hydroxylation sites is 1. The molecule has 1 fully saturated rings. The van der Waals surface area contributed by atoms with Crippen LogP contribution < -0.4 is 0 Å². The molecule has 0 bridgehead atoms. The number of oxime groups is 1. The number of carbonyl (C=O) groups excluding carboxylic acids is 1. The zero-order valence-corrected chi connectivity index (χ0v) is 23.6. The number of alkyl halides is 6. The van der Waals surface area contributed by atoms with Crippen molar-refractivity contribution in [3.8, 4) is 0 Å². The number of nitrogens with one attached hydrogen (secondary N) is 1. The number of benzene rings is 2. The fraction of sp³-hybridized carbons (Fsp3) is 0.323. The lowest BCUT2D eigenvalue weighted by Gasteiger charge is -2.41. The standard InChI is InChI=1S/C31H29F6N5O2/c1-20(40-44-19-21-5-4-8-38-15-21)17-41-9-10-42(26(18-41)13-23-16-39-28-7-3-2-6-27(23)28)29(43)22-11-24(30(32,33)34)14-25(12-22)31(35,36)37/h2-8,11-12,14-16,26,39H,9-10,13,17-19H2,1H3/b40-20+. The molecule has 13 heteroatoms. The predicted molar refractivity (Wildman–Crippen MR) is 152 cm³/mol. The maximum atomic E-state index is 13.7. The van der Waals surface area contributed by atoms with E-state index in [-0.39, 0.29) is 19.2 Å². The van der Waals surface area contributed by atoms with Crippen LogP contribution in [-0.4, -0.2) is 63.6 Å². The van der Waals surface area contributed by atoms with Crippen molar-refractivity contribution >= 4 is 22.5 Å². The lowest BCUT2D eigenvalue weighted by Crippen LogP contribution is -2.56. The monoisotopic (exact) mass is 617 g/mol. The second kappa shape index (κ2) is 12.7. The molecule has 1 aliphatic heterocycles. The molecule has 1 N–H and O–H groups in total. The molecule has 1 aliphatic rings. The van der Waals surface area contributed by atoms with Crippen molar-refractivity contribution in [2.45, 2.75) is 38.3 Å². The van der Waals surface area contributed by atoms with Gasteiger partial charge in [-0.2, -0.15) is 26.3 Å². The van der Waals surface area contributed by atoms with Gasteiger partial charge in [-0.3, -0.25) is 14.7 Å². The van der Waals surface area contributed by atoms with Crippen LogP contribution in [0.3, 0.4) is 0 Å². The summed E-state index contributed by atoms with van der Waals surface area (Å²) in [6, 6.07) is 11.6. The van der Waals surface area contributed by atoms with Crippen molar-refractivity contribution in [2.24, 2.45) is 5.16 Å². The molecule has 3 heterocycles. The van der Waals surface area contributed by atoms with Crippen LogP contribution in [0.1, 0.15) is 39.5 Å². The SMILES string of the molecule is C/C(CN1CCN(C(=O)c2cc(C(F)(F)F)cc(C(F)(F)F)c2)C(Cc2c[nH]c3ccccc23)C1)=N\OCc1cccnc1. The number of aromatic nitrogens is 2. The van der Waals surface area contributed by atoms with Crippen LogP contribution in [0, 0.1) is 0 Å². The first kappa shape index (κ1) is 31.0.